The van der Waals surface area contributed by atoms with E-state index in [1.165, 1.54) is 18.4 Å². The highest BCUT2D eigenvalue weighted by atomic mass is 16.5. The highest BCUT2D eigenvalue weighted by Crippen LogP contribution is 2.40. The van der Waals surface area contributed by atoms with Crippen molar-refractivity contribution in [2.75, 3.05) is 37.9 Å². The molecule has 6 rings (SSSR count). The van der Waals surface area contributed by atoms with Crippen LogP contribution in [0, 0.1) is 0 Å². The van der Waals surface area contributed by atoms with Crippen molar-refractivity contribution in [1.29, 1.82) is 0 Å². The lowest BCUT2D eigenvalue weighted by Gasteiger charge is -2.32. The topological polar surface area (TPSA) is 128 Å². The van der Waals surface area contributed by atoms with Crippen molar-refractivity contribution in [3.63, 3.8) is 0 Å². The second kappa shape index (κ2) is 11.1. The molecule has 4 aromatic rings. The van der Waals surface area contributed by atoms with Crippen LogP contribution in [-0.4, -0.2) is 62.9 Å². The monoisotopic (exact) mass is 539 g/mol. The molecule has 1 saturated heterocycles. The minimum absolute atomic E-state index is 0.0623. The number of hydrogen-bond acceptors (Lipinski definition) is 7. The third-order valence-corrected chi connectivity index (χ3v) is 7.76. The summed E-state index contributed by atoms with van der Waals surface area (Å²) in [5.74, 6) is 2.32. The predicted octanol–water partition coefficient (Wildman–Crippen LogP) is 4.25. The Kier molecular flexibility index (Phi) is 7.17. The van der Waals surface area contributed by atoms with Crippen molar-refractivity contribution in [3.05, 3.63) is 71.9 Å². The fourth-order valence-electron chi connectivity index (χ4n) is 5.49. The number of nitrogens with one attached hydrogen (secondary N) is 1. The molecule has 1 saturated carbocycles. The van der Waals surface area contributed by atoms with Gasteiger partial charge in [-0.1, -0.05) is 12.1 Å². The molecule has 0 bridgehead atoms. The summed E-state index contributed by atoms with van der Waals surface area (Å²) in [6.45, 7) is 1.75. The molecule has 2 aliphatic rings. The number of nitrogen functional groups attached to an aromatic ring is 1. The number of benzene rings is 1. The summed E-state index contributed by atoms with van der Waals surface area (Å²) in [6, 6.07) is 11.3. The van der Waals surface area contributed by atoms with Crippen LogP contribution in [0.25, 0.3) is 16.8 Å². The number of carbonyl (C=O) groups is 2. The molecular weight excluding hydrogens is 506 g/mol. The van der Waals surface area contributed by atoms with E-state index in [2.05, 4.69) is 15.3 Å². The van der Waals surface area contributed by atoms with E-state index in [0.717, 1.165) is 36.3 Å². The molecule has 0 spiro atoms. The lowest BCUT2D eigenvalue weighted by molar-refractivity contribution is -0.133. The minimum atomic E-state index is -0.219. The Bertz CT molecular complexity index is 1540. The van der Waals surface area contributed by atoms with Gasteiger partial charge in [0.15, 0.2) is 0 Å². The summed E-state index contributed by atoms with van der Waals surface area (Å²) in [6.07, 6.45) is 9.85. The standard InChI is InChI=1S/C30H33N7O3/c1-40-16-11-25(38)36-14-2-3-23(18-36)29-35-26(27-28(31)33-13-15-37(27)29)20-6-8-21(9-7-20)30(39)34-24-17-22(10-12-32-24)19-4-5-19/h6-10,12-13,15,17,19,23H,2-5,11,14,16,18H2,1H3,(H2,31,33)(H,32,34,39)/t23-/m1/s1. The van der Waals surface area contributed by atoms with E-state index in [4.69, 9.17) is 15.5 Å². The quantitative estimate of drug-likeness (QED) is 0.343. The number of nitrogens with two attached hydrogens (primary N) is 1. The number of nitrogens with zero attached hydrogens (tertiary/aromatic N) is 5. The number of aromatic nitrogens is 4. The first-order chi connectivity index (χ1) is 19.5. The van der Waals surface area contributed by atoms with Gasteiger partial charge in [-0.05, 0) is 61.4 Å². The Morgan fingerprint density at radius 3 is 2.67 bits per heavy atom. The molecule has 1 atom stereocenters. The average Bonchev–Trinajstić information content (AvgIpc) is 3.76. The number of rotatable bonds is 8. The van der Waals surface area contributed by atoms with E-state index in [9.17, 15) is 9.59 Å². The van der Waals surface area contributed by atoms with Crippen molar-refractivity contribution in [2.24, 2.45) is 0 Å². The normalized spacial score (nSPS) is 17.2. The molecule has 1 aliphatic carbocycles. The van der Waals surface area contributed by atoms with Crippen LogP contribution in [0.4, 0.5) is 11.6 Å². The van der Waals surface area contributed by atoms with Gasteiger partial charge in [0.05, 0.1) is 13.0 Å². The number of imidazole rings is 1. The van der Waals surface area contributed by atoms with Crippen LogP contribution in [0.1, 0.15) is 65.7 Å². The summed E-state index contributed by atoms with van der Waals surface area (Å²) in [5, 5.41) is 2.91. The predicted molar refractivity (Wildman–Crippen MR) is 152 cm³/mol. The summed E-state index contributed by atoms with van der Waals surface area (Å²) >= 11 is 0. The van der Waals surface area contributed by atoms with Gasteiger partial charge in [0, 0.05) is 55.8 Å². The highest BCUT2D eigenvalue weighted by molar-refractivity contribution is 6.04. The molecule has 0 radical (unpaired) electrons. The molecule has 10 nitrogen and oxygen atoms in total. The molecule has 3 aromatic heterocycles. The first-order valence-electron chi connectivity index (χ1n) is 13.8. The van der Waals surface area contributed by atoms with Crippen LogP contribution in [-0.2, 0) is 9.53 Å². The van der Waals surface area contributed by atoms with E-state index >= 15 is 0 Å². The SMILES string of the molecule is COCCC(=O)N1CCC[C@@H](c2nc(-c3ccc(C(=O)Nc4cc(C5CC5)ccn4)cc3)c3c(N)nccn23)C1. The zero-order chi connectivity index (χ0) is 27.6. The minimum Gasteiger partial charge on any atom is -0.384 e. The van der Waals surface area contributed by atoms with Crippen LogP contribution < -0.4 is 11.1 Å². The van der Waals surface area contributed by atoms with Crippen LogP contribution in [0.5, 0.6) is 0 Å². The Morgan fingerprint density at radius 2 is 1.90 bits per heavy atom. The van der Waals surface area contributed by atoms with Crippen molar-refractivity contribution < 1.29 is 14.3 Å². The number of fused-ring (bicyclic) bond motifs is 1. The van der Waals surface area contributed by atoms with Gasteiger partial charge in [-0.2, -0.15) is 0 Å². The molecular formula is C30H33N7O3. The number of carbonyl (C=O) groups excluding carboxylic acids is 2. The summed E-state index contributed by atoms with van der Waals surface area (Å²) in [5.41, 5.74) is 10.3. The molecule has 1 aliphatic heterocycles. The van der Waals surface area contributed by atoms with Gasteiger partial charge in [0.25, 0.3) is 5.91 Å². The van der Waals surface area contributed by atoms with Gasteiger partial charge in [-0.25, -0.2) is 15.0 Å². The average molecular weight is 540 g/mol. The number of ether oxygens (including phenoxy) is 1. The number of amides is 2. The maximum absolute atomic E-state index is 12.9. The molecule has 206 valence electrons. The largest absolute Gasteiger partial charge is 0.384 e. The van der Waals surface area contributed by atoms with E-state index in [1.807, 2.05) is 39.8 Å². The van der Waals surface area contributed by atoms with E-state index in [0.29, 0.717) is 48.4 Å². The lowest BCUT2D eigenvalue weighted by Crippen LogP contribution is -2.39. The van der Waals surface area contributed by atoms with Gasteiger partial charge in [0.2, 0.25) is 5.91 Å². The molecule has 1 aromatic carbocycles. The number of likely N-dealkylation sites (tertiary alicyclic amines) is 1. The second-order valence-electron chi connectivity index (χ2n) is 10.6. The van der Waals surface area contributed by atoms with E-state index < -0.39 is 0 Å². The smallest absolute Gasteiger partial charge is 0.256 e. The zero-order valence-corrected chi connectivity index (χ0v) is 22.5. The van der Waals surface area contributed by atoms with Gasteiger partial charge in [-0.15, -0.1) is 0 Å². The first kappa shape index (κ1) is 25.9. The van der Waals surface area contributed by atoms with Gasteiger partial charge >= 0.3 is 0 Å². The number of hydrogen-bond donors (Lipinski definition) is 2. The van der Waals surface area contributed by atoms with Crippen LogP contribution in [0.3, 0.4) is 0 Å². The third-order valence-electron chi connectivity index (χ3n) is 7.76. The number of piperidine rings is 1. The third kappa shape index (κ3) is 5.27. The molecule has 2 amide bonds. The summed E-state index contributed by atoms with van der Waals surface area (Å²) in [7, 11) is 1.60. The fraction of sp³-hybridized carbons (Fsp3) is 0.367. The molecule has 3 N–H and O–H groups in total. The van der Waals surface area contributed by atoms with Crippen molar-refractivity contribution in [2.45, 2.75) is 43.9 Å². The number of anilines is 2. The highest BCUT2D eigenvalue weighted by Gasteiger charge is 2.29. The first-order valence-corrected chi connectivity index (χ1v) is 13.8. The van der Waals surface area contributed by atoms with Gasteiger partial charge < -0.3 is 20.7 Å². The number of methoxy groups -OCH3 is 1. The molecule has 40 heavy (non-hydrogen) atoms. The maximum atomic E-state index is 12.9. The van der Waals surface area contributed by atoms with Crippen molar-refractivity contribution in [3.8, 4) is 11.3 Å². The molecule has 0 unspecified atom stereocenters. The van der Waals surface area contributed by atoms with Crippen LogP contribution >= 0.6 is 0 Å². The van der Waals surface area contributed by atoms with Gasteiger partial charge in [-0.3, -0.25) is 14.0 Å². The lowest BCUT2D eigenvalue weighted by atomic mass is 9.97. The zero-order valence-electron chi connectivity index (χ0n) is 22.5. The van der Waals surface area contributed by atoms with Crippen molar-refractivity contribution >= 4 is 29.0 Å². The van der Waals surface area contributed by atoms with E-state index in [-0.39, 0.29) is 17.7 Å². The summed E-state index contributed by atoms with van der Waals surface area (Å²) < 4.78 is 7.08. The van der Waals surface area contributed by atoms with Crippen LogP contribution in [0.2, 0.25) is 0 Å². The number of pyridine rings is 1. The Hall–Kier alpha value is -4.31. The molecule has 2 fully saturated rings. The fourth-order valence-corrected chi connectivity index (χ4v) is 5.49. The molecule has 10 heteroatoms. The molecule has 4 heterocycles. The Labute approximate surface area is 232 Å². The summed E-state index contributed by atoms with van der Waals surface area (Å²) in [4.78, 5) is 41.2. The van der Waals surface area contributed by atoms with Crippen LogP contribution in [0.15, 0.2) is 55.0 Å². The maximum Gasteiger partial charge on any atom is 0.256 e. The Morgan fingerprint density at radius 1 is 1.07 bits per heavy atom. The second-order valence-corrected chi connectivity index (χ2v) is 10.6. The Balaban J connectivity index is 1.25. The van der Waals surface area contributed by atoms with Crippen molar-refractivity contribution in [1.82, 2.24) is 24.3 Å². The van der Waals surface area contributed by atoms with E-state index in [1.54, 1.807) is 31.6 Å². The van der Waals surface area contributed by atoms with Gasteiger partial charge in [0.1, 0.15) is 28.7 Å².